The lowest BCUT2D eigenvalue weighted by Crippen LogP contribution is -2.42. The molecule has 10 heteroatoms. The summed E-state index contributed by atoms with van der Waals surface area (Å²) in [6, 6.07) is 2.92. The molecule has 3 N–H and O–H groups in total. The number of amides is 2. The number of piperidine rings is 1. The Kier molecular flexibility index (Phi) is 5.47. The van der Waals surface area contributed by atoms with E-state index >= 15 is 0 Å². The van der Waals surface area contributed by atoms with Crippen LogP contribution in [0.5, 0.6) is 0 Å². The Labute approximate surface area is 177 Å². The van der Waals surface area contributed by atoms with Crippen molar-refractivity contribution in [3.63, 3.8) is 0 Å². The van der Waals surface area contributed by atoms with Crippen LogP contribution in [0.25, 0.3) is 0 Å². The summed E-state index contributed by atoms with van der Waals surface area (Å²) < 4.78 is 26.6. The zero-order valence-electron chi connectivity index (χ0n) is 17.2. The Morgan fingerprint density at radius 2 is 1.87 bits per heavy atom. The highest BCUT2D eigenvalue weighted by molar-refractivity contribution is 6.04. The van der Waals surface area contributed by atoms with Crippen molar-refractivity contribution in [2.24, 2.45) is 11.8 Å². The number of carbonyl (C=O) groups is 2. The Bertz CT molecular complexity index is 1090. The molecule has 0 unspecified atom stereocenters. The summed E-state index contributed by atoms with van der Waals surface area (Å²) in [4.78, 5) is 47.1. The second-order valence-corrected chi connectivity index (χ2v) is 8.43. The van der Waals surface area contributed by atoms with E-state index in [-0.39, 0.29) is 23.5 Å². The van der Waals surface area contributed by atoms with Gasteiger partial charge in [-0.25, -0.2) is 8.78 Å². The van der Waals surface area contributed by atoms with E-state index in [1.165, 1.54) is 6.07 Å². The SMILES string of the molecule is C[C@@H]1C[C@H](C)CN(c2nc3c(c(=O)[nH]2)[C@H](C(=O)Nc2ccc(F)c(F)c2)CC(=O)N3)C1. The summed E-state index contributed by atoms with van der Waals surface area (Å²) >= 11 is 0. The van der Waals surface area contributed by atoms with Crippen LogP contribution in [0, 0.1) is 23.5 Å². The van der Waals surface area contributed by atoms with E-state index in [2.05, 4.69) is 34.4 Å². The first-order valence-corrected chi connectivity index (χ1v) is 10.2. The quantitative estimate of drug-likeness (QED) is 0.693. The molecule has 0 radical (unpaired) electrons. The van der Waals surface area contributed by atoms with E-state index in [4.69, 9.17) is 0 Å². The molecule has 0 bridgehead atoms. The van der Waals surface area contributed by atoms with Crippen LogP contribution < -0.4 is 21.1 Å². The van der Waals surface area contributed by atoms with Crippen molar-refractivity contribution in [1.82, 2.24) is 9.97 Å². The van der Waals surface area contributed by atoms with Crippen LogP contribution in [0.3, 0.4) is 0 Å². The number of aromatic nitrogens is 2. The highest BCUT2D eigenvalue weighted by Gasteiger charge is 2.35. The van der Waals surface area contributed by atoms with Crippen molar-refractivity contribution in [2.45, 2.75) is 32.6 Å². The van der Waals surface area contributed by atoms with Gasteiger partial charge in [-0.05, 0) is 30.4 Å². The smallest absolute Gasteiger partial charge is 0.258 e. The number of aromatic amines is 1. The number of carbonyl (C=O) groups excluding carboxylic acids is 2. The van der Waals surface area contributed by atoms with Gasteiger partial charge in [0.05, 0.1) is 11.5 Å². The summed E-state index contributed by atoms with van der Waals surface area (Å²) in [6.45, 7) is 5.69. The zero-order chi connectivity index (χ0) is 22.3. The van der Waals surface area contributed by atoms with Crippen LogP contribution in [0.2, 0.25) is 0 Å². The summed E-state index contributed by atoms with van der Waals surface area (Å²) in [5.41, 5.74) is -0.452. The molecule has 1 fully saturated rings. The number of hydrogen-bond acceptors (Lipinski definition) is 5. The number of nitrogens with one attached hydrogen (secondary N) is 3. The number of benzene rings is 1. The van der Waals surface area contributed by atoms with Crippen LogP contribution in [0.15, 0.2) is 23.0 Å². The molecular weight excluding hydrogens is 408 g/mol. The maximum absolute atomic E-state index is 13.5. The summed E-state index contributed by atoms with van der Waals surface area (Å²) in [6.07, 6.45) is 0.818. The molecule has 31 heavy (non-hydrogen) atoms. The average molecular weight is 431 g/mol. The van der Waals surface area contributed by atoms with Gasteiger partial charge in [0.2, 0.25) is 17.8 Å². The zero-order valence-corrected chi connectivity index (χ0v) is 17.2. The Balaban J connectivity index is 1.64. The van der Waals surface area contributed by atoms with Gasteiger partial charge in [-0.1, -0.05) is 13.8 Å². The molecule has 2 amide bonds. The molecule has 0 saturated carbocycles. The molecule has 2 aliphatic rings. The molecule has 164 valence electrons. The van der Waals surface area contributed by atoms with Gasteiger partial charge in [0.25, 0.3) is 5.56 Å². The maximum Gasteiger partial charge on any atom is 0.258 e. The molecule has 1 aromatic carbocycles. The molecule has 4 rings (SSSR count). The number of nitrogens with zero attached hydrogens (tertiary/aromatic N) is 2. The van der Waals surface area contributed by atoms with Gasteiger partial charge in [0.15, 0.2) is 11.6 Å². The van der Waals surface area contributed by atoms with Gasteiger partial charge < -0.3 is 15.5 Å². The molecule has 0 spiro atoms. The number of rotatable bonds is 3. The monoisotopic (exact) mass is 431 g/mol. The lowest BCUT2D eigenvalue weighted by atomic mass is 9.91. The average Bonchev–Trinajstić information content (AvgIpc) is 2.69. The van der Waals surface area contributed by atoms with Crippen molar-refractivity contribution in [1.29, 1.82) is 0 Å². The summed E-state index contributed by atoms with van der Waals surface area (Å²) in [7, 11) is 0. The van der Waals surface area contributed by atoms with Crippen LogP contribution in [0.4, 0.5) is 26.2 Å². The second kappa shape index (κ2) is 8.09. The lowest BCUT2D eigenvalue weighted by molar-refractivity contribution is -0.123. The van der Waals surface area contributed by atoms with E-state index in [1.807, 2.05) is 4.90 Å². The third-order valence-corrected chi connectivity index (χ3v) is 5.61. The minimum Gasteiger partial charge on any atom is -0.342 e. The van der Waals surface area contributed by atoms with Gasteiger partial charge in [0.1, 0.15) is 5.82 Å². The van der Waals surface area contributed by atoms with E-state index in [9.17, 15) is 23.2 Å². The standard InChI is InChI=1S/C21H23F2N5O3/c1-10-5-11(2)9-28(8-10)21-26-18-17(20(31)27-21)13(7-16(29)25-18)19(30)24-12-3-4-14(22)15(23)6-12/h3-4,6,10-11,13H,5,7-9H2,1-2H3,(H,24,30)(H2,25,26,27,29,31)/t10-,11+,13-/m1/s1. The number of H-pyrrole nitrogens is 1. The van der Waals surface area contributed by atoms with E-state index in [0.717, 1.165) is 31.6 Å². The van der Waals surface area contributed by atoms with Crippen molar-refractivity contribution in [3.8, 4) is 0 Å². The Hall–Kier alpha value is -3.30. The Morgan fingerprint density at radius 1 is 1.16 bits per heavy atom. The fraction of sp³-hybridized carbons (Fsp3) is 0.429. The first-order chi connectivity index (χ1) is 14.7. The molecule has 1 aromatic heterocycles. The third kappa shape index (κ3) is 4.28. The van der Waals surface area contributed by atoms with Gasteiger partial charge in [-0.2, -0.15) is 4.98 Å². The van der Waals surface area contributed by atoms with Gasteiger partial charge in [0, 0.05) is 31.3 Å². The first kappa shape index (κ1) is 21.0. The molecule has 2 aromatic rings. The molecule has 0 aliphatic carbocycles. The molecule has 3 heterocycles. The molecule has 3 atom stereocenters. The van der Waals surface area contributed by atoms with Crippen molar-refractivity contribution in [2.75, 3.05) is 28.6 Å². The van der Waals surface area contributed by atoms with Crippen LogP contribution in [-0.2, 0) is 9.59 Å². The van der Waals surface area contributed by atoms with Crippen LogP contribution in [0.1, 0.15) is 38.2 Å². The molecule has 8 nitrogen and oxygen atoms in total. The maximum atomic E-state index is 13.5. The minimum absolute atomic E-state index is 0.0220. The summed E-state index contributed by atoms with van der Waals surface area (Å²) in [5, 5.41) is 5.02. The summed E-state index contributed by atoms with van der Waals surface area (Å²) in [5.74, 6) is -3.16. The molecule has 1 saturated heterocycles. The van der Waals surface area contributed by atoms with Crippen molar-refractivity contribution < 1.29 is 18.4 Å². The van der Waals surface area contributed by atoms with Gasteiger partial charge in [-0.15, -0.1) is 0 Å². The largest absolute Gasteiger partial charge is 0.342 e. The first-order valence-electron chi connectivity index (χ1n) is 10.2. The molecule has 2 aliphatic heterocycles. The van der Waals surface area contributed by atoms with Crippen LogP contribution >= 0.6 is 0 Å². The van der Waals surface area contributed by atoms with Gasteiger partial charge in [-0.3, -0.25) is 19.4 Å². The number of halogens is 2. The minimum atomic E-state index is -1.12. The fourth-order valence-corrected chi connectivity index (χ4v) is 4.37. The van der Waals surface area contributed by atoms with Crippen molar-refractivity contribution >= 4 is 29.3 Å². The molecular formula is C21H23F2N5O3. The van der Waals surface area contributed by atoms with E-state index in [1.54, 1.807) is 0 Å². The van der Waals surface area contributed by atoms with Gasteiger partial charge >= 0.3 is 0 Å². The number of fused-ring (bicyclic) bond motifs is 1. The highest BCUT2D eigenvalue weighted by atomic mass is 19.2. The third-order valence-electron chi connectivity index (χ3n) is 5.61. The van der Waals surface area contributed by atoms with E-state index in [0.29, 0.717) is 17.8 Å². The fourth-order valence-electron chi connectivity index (χ4n) is 4.37. The topological polar surface area (TPSA) is 107 Å². The highest BCUT2D eigenvalue weighted by Crippen LogP contribution is 2.31. The van der Waals surface area contributed by atoms with Crippen molar-refractivity contribution in [3.05, 3.63) is 45.8 Å². The lowest BCUT2D eigenvalue weighted by Gasteiger charge is -2.35. The predicted octanol–water partition coefficient (Wildman–Crippen LogP) is 2.59. The van der Waals surface area contributed by atoms with E-state index < -0.39 is 34.9 Å². The predicted molar refractivity (Wildman–Crippen MR) is 111 cm³/mol. The second-order valence-electron chi connectivity index (χ2n) is 8.43. The normalized spacial score (nSPS) is 23.2. The number of anilines is 3. The number of hydrogen-bond donors (Lipinski definition) is 3. The van der Waals surface area contributed by atoms with Crippen LogP contribution in [-0.4, -0.2) is 34.9 Å². The Morgan fingerprint density at radius 3 is 2.55 bits per heavy atom.